The average molecular weight is 453 g/mol. The molecule has 0 spiro atoms. The largest absolute Gasteiger partial charge is 0.326 e. The lowest BCUT2D eigenvalue weighted by Gasteiger charge is -2.08. The number of hydrogen-bond donors (Lipinski definition) is 2. The van der Waals surface area contributed by atoms with E-state index in [1.165, 1.54) is 18.3 Å². The third-order valence-corrected chi connectivity index (χ3v) is 3.99. The van der Waals surface area contributed by atoms with Crippen LogP contribution in [0.2, 0.25) is 0 Å². The standard InChI is InChI=1S/C18H17FIN3O2/c1-12-10-15(20)6-7-16(12)22-17(24)8-9-18(25)23-21-11-13-2-4-14(19)5-3-13/h2-7,10-11H,8-9H2,1H3,(H,22,24)(H,23,25)/b21-11+. The Morgan fingerprint density at radius 2 is 1.80 bits per heavy atom. The molecule has 0 atom stereocenters. The van der Waals surface area contributed by atoms with Gasteiger partial charge < -0.3 is 5.32 Å². The minimum absolute atomic E-state index is 0.0238. The molecule has 5 nitrogen and oxygen atoms in total. The lowest BCUT2D eigenvalue weighted by Crippen LogP contribution is -2.20. The summed E-state index contributed by atoms with van der Waals surface area (Å²) < 4.78 is 13.9. The maximum atomic E-state index is 12.8. The van der Waals surface area contributed by atoms with E-state index in [1.54, 1.807) is 12.1 Å². The molecule has 0 fully saturated rings. The Morgan fingerprint density at radius 3 is 2.48 bits per heavy atom. The summed E-state index contributed by atoms with van der Waals surface area (Å²) in [7, 11) is 0. The number of halogens is 2. The SMILES string of the molecule is Cc1cc(I)ccc1NC(=O)CCC(=O)N/N=C/c1ccc(F)cc1. The summed E-state index contributed by atoms with van der Waals surface area (Å²) in [6.07, 6.45) is 1.49. The lowest BCUT2D eigenvalue weighted by atomic mass is 10.2. The predicted molar refractivity (Wildman–Crippen MR) is 104 cm³/mol. The topological polar surface area (TPSA) is 70.6 Å². The molecule has 0 saturated carbocycles. The van der Waals surface area contributed by atoms with Crippen LogP contribution < -0.4 is 10.7 Å². The van der Waals surface area contributed by atoms with Crippen LogP contribution in [0.5, 0.6) is 0 Å². The van der Waals surface area contributed by atoms with Crippen molar-refractivity contribution in [2.24, 2.45) is 5.10 Å². The number of carbonyl (C=O) groups is 2. The van der Waals surface area contributed by atoms with Gasteiger partial charge in [0.2, 0.25) is 11.8 Å². The minimum atomic E-state index is -0.368. The second-order valence-corrected chi connectivity index (χ2v) is 6.60. The van der Waals surface area contributed by atoms with Crippen LogP contribution in [-0.4, -0.2) is 18.0 Å². The Labute approximate surface area is 158 Å². The van der Waals surface area contributed by atoms with E-state index in [-0.39, 0.29) is 30.5 Å². The van der Waals surface area contributed by atoms with Crippen molar-refractivity contribution >= 4 is 46.3 Å². The molecule has 0 bridgehead atoms. The van der Waals surface area contributed by atoms with Crippen molar-refractivity contribution in [3.05, 3.63) is 63.0 Å². The lowest BCUT2D eigenvalue weighted by molar-refractivity contribution is -0.124. The molecule has 2 amide bonds. The number of hydrogen-bond acceptors (Lipinski definition) is 3. The van der Waals surface area contributed by atoms with Crippen molar-refractivity contribution < 1.29 is 14.0 Å². The van der Waals surface area contributed by atoms with Gasteiger partial charge in [-0.25, -0.2) is 9.82 Å². The maximum absolute atomic E-state index is 12.8. The van der Waals surface area contributed by atoms with E-state index in [0.717, 1.165) is 14.8 Å². The first-order valence-corrected chi connectivity index (χ1v) is 8.65. The van der Waals surface area contributed by atoms with Gasteiger partial charge in [0, 0.05) is 22.1 Å². The number of nitrogens with zero attached hydrogens (tertiary/aromatic N) is 1. The second kappa shape index (κ2) is 9.26. The highest BCUT2D eigenvalue weighted by atomic mass is 127. The van der Waals surface area contributed by atoms with Gasteiger partial charge in [0.25, 0.3) is 0 Å². The van der Waals surface area contributed by atoms with Gasteiger partial charge in [0.15, 0.2) is 0 Å². The van der Waals surface area contributed by atoms with E-state index in [0.29, 0.717) is 5.56 Å². The normalized spacial score (nSPS) is 10.7. The number of benzene rings is 2. The van der Waals surface area contributed by atoms with Gasteiger partial charge in [-0.05, 0) is 71.0 Å². The molecule has 2 aromatic carbocycles. The van der Waals surface area contributed by atoms with Crippen LogP contribution >= 0.6 is 22.6 Å². The second-order valence-electron chi connectivity index (χ2n) is 5.35. The fourth-order valence-electron chi connectivity index (χ4n) is 1.99. The average Bonchev–Trinajstić information content (AvgIpc) is 2.57. The number of rotatable bonds is 6. The van der Waals surface area contributed by atoms with Crippen LogP contribution in [0.1, 0.15) is 24.0 Å². The third kappa shape index (κ3) is 6.61. The van der Waals surface area contributed by atoms with Crippen LogP contribution in [0.25, 0.3) is 0 Å². The molecular formula is C18H17FIN3O2. The van der Waals surface area contributed by atoms with Crippen molar-refractivity contribution in [2.75, 3.05) is 5.32 Å². The van der Waals surface area contributed by atoms with Gasteiger partial charge >= 0.3 is 0 Å². The fraction of sp³-hybridized carbons (Fsp3) is 0.167. The molecule has 0 aliphatic heterocycles. The molecule has 0 saturated heterocycles. The molecule has 0 aliphatic carbocycles. The first-order chi connectivity index (χ1) is 11.9. The zero-order valence-corrected chi connectivity index (χ0v) is 15.7. The minimum Gasteiger partial charge on any atom is -0.326 e. The molecule has 25 heavy (non-hydrogen) atoms. The Morgan fingerprint density at radius 1 is 1.12 bits per heavy atom. The monoisotopic (exact) mass is 453 g/mol. The van der Waals surface area contributed by atoms with E-state index >= 15 is 0 Å². The molecule has 0 heterocycles. The van der Waals surface area contributed by atoms with E-state index in [1.807, 2.05) is 25.1 Å². The number of carbonyl (C=O) groups excluding carboxylic acids is 2. The summed E-state index contributed by atoms with van der Waals surface area (Å²) in [6, 6.07) is 11.4. The first kappa shape index (κ1) is 19.0. The van der Waals surface area contributed by atoms with Crippen molar-refractivity contribution in [3.63, 3.8) is 0 Å². The van der Waals surface area contributed by atoms with Crippen molar-refractivity contribution in [1.29, 1.82) is 0 Å². The number of anilines is 1. The summed E-state index contributed by atoms with van der Waals surface area (Å²) in [5.41, 5.74) is 4.70. The Hall–Kier alpha value is -2.29. The highest BCUT2D eigenvalue weighted by Crippen LogP contribution is 2.17. The van der Waals surface area contributed by atoms with Crippen molar-refractivity contribution in [2.45, 2.75) is 19.8 Å². The molecular weight excluding hydrogens is 436 g/mol. The zero-order valence-electron chi connectivity index (χ0n) is 13.6. The molecule has 0 aromatic heterocycles. The van der Waals surface area contributed by atoms with Crippen LogP contribution in [0.15, 0.2) is 47.6 Å². The quantitative estimate of drug-likeness (QED) is 0.399. The number of aryl methyl sites for hydroxylation is 1. The molecule has 130 valence electrons. The molecule has 0 radical (unpaired) electrons. The van der Waals surface area contributed by atoms with Gasteiger partial charge in [-0.15, -0.1) is 0 Å². The summed E-state index contributed by atoms with van der Waals surface area (Å²) >= 11 is 2.20. The van der Waals surface area contributed by atoms with Gasteiger partial charge in [0.1, 0.15) is 5.82 Å². The highest BCUT2D eigenvalue weighted by molar-refractivity contribution is 14.1. The summed E-state index contributed by atoms with van der Waals surface area (Å²) in [4.78, 5) is 23.6. The Bertz CT molecular complexity index is 791. The van der Waals surface area contributed by atoms with Crippen LogP contribution in [0.4, 0.5) is 10.1 Å². The highest BCUT2D eigenvalue weighted by Gasteiger charge is 2.08. The molecule has 2 N–H and O–H groups in total. The van der Waals surface area contributed by atoms with E-state index in [4.69, 9.17) is 0 Å². The van der Waals surface area contributed by atoms with Crippen molar-refractivity contribution in [1.82, 2.24) is 5.43 Å². The van der Waals surface area contributed by atoms with Gasteiger partial charge in [0.05, 0.1) is 6.21 Å². The summed E-state index contributed by atoms with van der Waals surface area (Å²) in [5, 5.41) is 6.56. The molecule has 2 aromatic rings. The Balaban J connectivity index is 1.75. The van der Waals surface area contributed by atoms with Crippen molar-refractivity contribution in [3.8, 4) is 0 Å². The number of amides is 2. The molecule has 0 aliphatic rings. The number of hydrazone groups is 1. The molecule has 2 rings (SSSR count). The van der Waals surface area contributed by atoms with Gasteiger partial charge in [-0.2, -0.15) is 5.10 Å². The fourth-order valence-corrected chi connectivity index (χ4v) is 2.64. The van der Waals surface area contributed by atoms with Crippen LogP contribution in [-0.2, 0) is 9.59 Å². The molecule has 0 unspecified atom stereocenters. The van der Waals surface area contributed by atoms with E-state index < -0.39 is 0 Å². The van der Waals surface area contributed by atoms with Gasteiger partial charge in [-0.1, -0.05) is 12.1 Å². The van der Waals surface area contributed by atoms with E-state index in [9.17, 15) is 14.0 Å². The zero-order chi connectivity index (χ0) is 18.2. The third-order valence-electron chi connectivity index (χ3n) is 3.31. The maximum Gasteiger partial charge on any atom is 0.240 e. The summed E-state index contributed by atoms with van der Waals surface area (Å²) in [6.45, 7) is 1.91. The van der Waals surface area contributed by atoms with Gasteiger partial charge in [-0.3, -0.25) is 9.59 Å². The van der Waals surface area contributed by atoms with Crippen LogP contribution in [0.3, 0.4) is 0 Å². The van der Waals surface area contributed by atoms with Crippen LogP contribution in [0, 0.1) is 16.3 Å². The smallest absolute Gasteiger partial charge is 0.240 e. The first-order valence-electron chi connectivity index (χ1n) is 7.57. The summed E-state index contributed by atoms with van der Waals surface area (Å²) in [5.74, 6) is -0.939. The molecule has 7 heteroatoms. The predicted octanol–water partition coefficient (Wildman–Crippen LogP) is 3.61. The number of nitrogens with one attached hydrogen (secondary N) is 2. The van der Waals surface area contributed by atoms with E-state index in [2.05, 4.69) is 38.4 Å². The Kier molecular flexibility index (Phi) is 7.05.